The minimum Gasteiger partial charge on any atom is -0.272 e. The predicted octanol–water partition coefficient (Wildman–Crippen LogP) is 2.58. The van der Waals surface area contributed by atoms with Gasteiger partial charge < -0.3 is 0 Å². The van der Waals surface area contributed by atoms with Crippen molar-refractivity contribution < 1.29 is 14.4 Å². The highest BCUT2D eigenvalue weighted by Gasteiger charge is 2.65. The van der Waals surface area contributed by atoms with E-state index in [2.05, 4.69) is 34.7 Å². The maximum absolute atomic E-state index is 13.4. The Kier molecular flexibility index (Phi) is 3.60. The summed E-state index contributed by atoms with van der Waals surface area (Å²) in [6.07, 6.45) is 11.4. The molecule has 1 N–H and O–H groups in total. The molecule has 1 saturated carbocycles. The van der Waals surface area contributed by atoms with Gasteiger partial charge in [-0.15, -0.1) is 0 Å². The Bertz CT molecular complexity index is 1080. The number of amides is 3. The van der Waals surface area contributed by atoms with Crippen LogP contribution >= 0.6 is 0 Å². The van der Waals surface area contributed by atoms with Crippen molar-refractivity contribution >= 4 is 17.7 Å². The molecular weight excluding hydrogens is 378 g/mol. The molecule has 1 aromatic heterocycles. The van der Waals surface area contributed by atoms with E-state index in [9.17, 15) is 14.4 Å². The van der Waals surface area contributed by atoms with Crippen molar-refractivity contribution in [1.82, 2.24) is 15.4 Å². The molecule has 1 aromatic carbocycles. The molecule has 1 saturated heterocycles. The number of nitrogens with zero attached hydrogens (tertiary/aromatic N) is 2. The van der Waals surface area contributed by atoms with Gasteiger partial charge in [-0.25, -0.2) is 0 Å². The third-order valence-corrected chi connectivity index (χ3v) is 7.09. The first-order valence-corrected chi connectivity index (χ1v) is 10.2. The molecule has 2 heterocycles. The molecule has 0 radical (unpaired) electrons. The number of nitrogens with one attached hydrogen (secondary N) is 1. The van der Waals surface area contributed by atoms with Crippen LogP contribution in [0.5, 0.6) is 0 Å². The van der Waals surface area contributed by atoms with Gasteiger partial charge in [-0.3, -0.25) is 24.8 Å². The minimum absolute atomic E-state index is 0.0679. The molecule has 30 heavy (non-hydrogen) atoms. The van der Waals surface area contributed by atoms with Gasteiger partial charge >= 0.3 is 0 Å². The van der Waals surface area contributed by atoms with Gasteiger partial charge in [0.15, 0.2) is 0 Å². The average Bonchev–Trinajstić information content (AvgIpc) is 3.05. The van der Waals surface area contributed by atoms with E-state index in [4.69, 9.17) is 0 Å². The molecule has 7 rings (SSSR count). The molecule has 3 amide bonds. The highest BCUT2D eigenvalue weighted by atomic mass is 16.2. The van der Waals surface area contributed by atoms with E-state index in [1.807, 2.05) is 24.3 Å². The van der Waals surface area contributed by atoms with Crippen molar-refractivity contribution in [2.75, 3.05) is 0 Å². The SMILES string of the molecule is O=C(NN1C(=O)[C@@H]2[C@H](C1=O)[C@H]1c3ccccc3[C@H]2[C@H]2C=CC=C[C@@H]21)c1ccncc1. The number of benzene rings is 1. The van der Waals surface area contributed by atoms with E-state index >= 15 is 0 Å². The second-order valence-electron chi connectivity index (χ2n) is 8.35. The third kappa shape index (κ3) is 2.19. The summed E-state index contributed by atoms with van der Waals surface area (Å²) in [6.45, 7) is 0. The van der Waals surface area contributed by atoms with Crippen LogP contribution in [0.2, 0.25) is 0 Å². The molecule has 2 fully saturated rings. The standard InChI is InChI=1S/C24H19N3O3/c28-22(13-9-11-25-12-10-13)26-27-23(29)20-18-14-5-1-2-6-15(14)19(21(20)24(27)30)17-8-4-3-7-16(17)18/h1-12,14-15,18-21H,(H,26,28)/t14-,15-,18+,19+,20-,21+/m0/s1. The number of carbonyl (C=O) groups is 3. The second-order valence-corrected chi connectivity index (χ2v) is 8.35. The lowest BCUT2D eigenvalue weighted by atomic mass is 9.48. The molecular formula is C24H19N3O3. The average molecular weight is 397 g/mol. The number of carbonyl (C=O) groups excluding carboxylic acids is 3. The van der Waals surface area contributed by atoms with Crippen molar-refractivity contribution in [3.8, 4) is 0 Å². The van der Waals surface area contributed by atoms with Crippen LogP contribution in [0.15, 0.2) is 73.1 Å². The summed E-state index contributed by atoms with van der Waals surface area (Å²) in [5.74, 6) is -1.77. The lowest BCUT2D eigenvalue weighted by Gasteiger charge is -2.53. The fraction of sp³-hybridized carbons (Fsp3) is 0.250. The summed E-state index contributed by atoms with van der Waals surface area (Å²) in [5, 5.41) is 0.967. The van der Waals surface area contributed by atoms with Crippen molar-refractivity contribution in [3.05, 3.63) is 89.8 Å². The maximum Gasteiger partial charge on any atom is 0.270 e. The molecule has 2 bridgehead atoms. The molecule has 0 unspecified atom stereocenters. The van der Waals surface area contributed by atoms with Gasteiger partial charge in [-0.1, -0.05) is 48.6 Å². The second kappa shape index (κ2) is 6.23. The highest BCUT2D eigenvalue weighted by Crippen LogP contribution is 2.64. The largest absolute Gasteiger partial charge is 0.272 e. The third-order valence-electron chi connectivity index (χ3n) is 7.09. The lowest BCUT2D eigenvalue weighted by molar-refractivity contribution is -0.142. The van der Waals surface area contributed by atoms with Crippen LogP contribution in [0.25, 0.3) is 0 Å². The van der Waals surface area contributed by atoms with Gasteiger partial charge in [0.2, 0.25) is 0 Å². The van der Waals surface area contributed by atoms with Crippen molar-refractivity contribution in [2.24, 2.45) is 23.7 Å². The predicted molar refractivity (Wildman–Crippen MR) is 108 cm³/mol. The van der Waals surface area contributed by atoms with Gasteiger partial charge in [0.1, 0.15) is 0 Å². The van der Waals surface area contributed by atoms with Gasteiger partial charge in [-0.2, -0.15) is 5.01 Å². The number of aromatic nitrogens is 1. The van der Waals surface area contributed by atoms with E-state index in [1.54, 1.807) is 12.1 Å². The Morgan fingerprint density at radius 1 is 0.800 bits per heavy atom. The normalized spacial score (nSPS) is 32.6. The number of pyridine rings is 1. The summed E-state index contributed by atoms with van der Waals surface area (Å²) in [6, 6.07) is 11.3. The minimum atomic E-state index is -0.486. The fourth-order valence-electron chi connectivity index (χ4n) is 6.01. The van der Waals surface area contributed by atoms with Gasteiger partial charge in [0, 0.05) is 29.8 Å². The van der Waals surface area contributed by atoms with E-state index in [0.717, 1.165) is 16.1 Å². The zero-order chi connectivity index (χ0) is 20.4. The Hall–Kier alpha value is -3.54. The highest BCUT2D eigenvalue weighted by molar-refractivity contribution is 6.09. The summed E-state index contributed by atoms with van der Waals surface area (Å²) in [4.78, 5) is 43.4. The first kappa shape index (κ1) is 17.3. The summed E-state index contributed by atoms with van der Waals surface area (Å²) in [7, 11) is 0. The topological polar surface area (TPSA) is 79.4 Å². The van der Waals surface area contributed by atoms with Crippen molar-refractivity contribution in [3.63, 3.8) is 0 Å². The van der Waals surface area contributed by atoms with E-state index < -0.39 is 17.7 Å². The van der Waals surface area contributed by atoms with Crippen LogP contribution in [0.3, 0.4) is 0 Å². The summed E-state index contributed by atoms with van der Waals surface area (Å²) in [5.41, 5.74) is 5.23. The van der Waals surface area contributed by atoms with E-state index in [-0.39, 0.29) is 35.5 Å². The molecule has 5 aliphatic rings. The summed E-state index contributed by atoms with van der Waals surface area (Å²) >= 11 is 0. The van der Waals surface area contributed by atoms with E-state index in [1.165, 1.54) is 12.4 Å². The Labute approximate surface area is 173 Å². The van der Waals surface area contributed by atoms with E-state index in [0.29, 0.717) is 5.56 Å². The Morgan fingerprint density at radius 2 is 1.33 bits per heavy atom. The van der Waals surface area contributed by atoms with Crippen LogP contribution in [0.1, 0.15) is 33.3 Å². The van der Waals surface area contributed by atoms with Gasteiger partial charge in [0.25, 0.3) is 17.7 Å². The molecule has 6 heteroatoms. The quantitative estimate of drug-likeness (QED) is 0.790. The first-order valence-electron chi connectivity index (χ1n) is 10.2. The molecule has 148 valence electrons. The van der Waals surface area contributed by atoms with Gasteiger partial charge in [-0.05, 0) is 35.1 Å². The first-order chi connectivity index (χ1) is 14.7. The van der Waals surface area contributed by atoms with Crippen LogP contribution < -0.4 is 5.43 Å². The van der Waals surface area contributed by atoms with Crippen LogP contribution in [-0.4, -0.2) is 27.7 Å². The van der Waals surface area contributed by atoms with Crippen LogP contribution in [-0.2, 0) is 9.59 Å². The van der Waals surface area contributed by atoms with Crippen molar-refractivity contribution in [1.29, 1.82) is 0 Å². The van der Waals surface area contributed by atoms with Crippen molar-refractivity contribution in [2.45, 2.75) is 11.8 Å². The lowest BCUT2D eigenvalue weighted by Crippen LogP contribution is -2.49. The monoisotopic (exact) mass is 397 g/mol. The zero-order valence-corrected chi connectivity index (χ0v) is 16.0. The Morgan fingerprint density at radius 3 is 1.87 bits per heavy atom. The molecule has 4 aliphatic carbocycles. The number of allylic oxidation sites excluding steroid dienone is 4. The molecule has 0 spiro atoms. The summed E-state index contributed by atoms with van der Waals surface area (Å²) < 4.78 is 0. The number of hydrogen-bond acceptors (Lipinski definition) is 4. The van der Waals surface area contributed by atoms with Crippen LogP contribution in [0.4, 0.5) is 0 Å². The molecule has 6 nitrogen and oxygen atoms in total. The van der Waals surface area contributed by atoms with Crippen LogP contribution in [0, 0.1) is 23.7 Å². The Balaban J connectivity index is 1.41. The zero-order valence-electron chi connectivity index (χ0n) is 16.0. The molecule has 2 aromatic rings. The fourth-order valence-corrected chi connectivity index (χ4v) is 6.01. The van der Waals surface area contributed by atoms with Gasteiger partial charge in [0.05, 0.1) is 11.8 Å². The number of hydrazine groups is 1. The number of rotatable bonds is 2. The number of hydrogen-bond donors (Lipinski definition) is 1. The maximum atomic E-state index is 13.4. The molecule has 1 aliphatic heterocycles. The number of imide groups is 1. The smallest absolute Gasteiger partial charge is 0.270 e. The molecule has 6 atom stereocenters.